The van der Waals surface area contributed by atoms with Crippen molar-refractivity contribution in [3.63, 3.8) is 0 Å². The Kier molecular flexibility index (Phi) is 9.14. The molecule has 0 aliphatic rings. The molecule has 0 aliphatic carbocycles. The summed E-state index contributed by atoms with van der Waals surface area (Å²) >= 11 is 1.52. The van der Waals surface area contributed by atoms with Crippen molar-refractivity contribution in [3.05, 3.63) is 70.7 Å². The Hall–Kier alpha value is -3.52. The largest absolute Gasteiger partial charge is 0.491 e. The number of carbonyl (C=O) groups is 1. The molecule has 3 rings (SSSR count). The van der Waals surface area contributed by atoms with Crippen LogP contribution in [0.5, 0.6) is 5.75 Å². The Labute approximate surface area is 209 Å². The molecule has 0 saturated carbocycles. The number of ether oxygens (including phenoxy) is 1. The maximum Gasteiger partial charge on any atom is 0.339 e. The predicted octanol–water partition coefficient (Wildman–Crippen LogP) is 6.97. The lowest BCUT2D eigenvalue weighted by Crippen LogP contribution is -2.20. The number of hydrogen-bond donors (Lipinski definition) is 2. The minimum atomic E-state index is -1.09. The van der Waals surface area contributed by atoms with Gasteiger partial charge in [0.05, 0.1) is 0 Å². The van der Waals surface area contributed by atoms with Crippen LogP contribution in [0.3, 0.4) is 0 Å². The third-order valence-electron chi connectivity index (χ3n) is 5.09. The highest BCUT2D eigenvalue weighted by atomic mass is 32.1. The molecule has 2 aromatic heterocycles. The number of pyridine rings is 1. The van der Waals surface area contributed by atoms with E-state index in [1.807, 2.05) is 42.6 Å². The second-order valence-corrected chi connectivity index (χ2v) is 9.47. The lowest BCUT2D eigenvalue weighted by Gasteiger charge is -2.18. The van der Waals surface area contributed by atoms with Gasteiger partial charge in [0.25, 0.3) is 0 Å². The van der Waals surface area contributed by atoms with Crippen LogP contribution in [-0.4, -0.2) is 35.2 Å². The molecular weight excluding hydrogens is 465 g/mol. The van der Waals surface area contributed by atoms with Crippen molar-refractivity contribution in [1.29, 1.82) is 0 Å². The van der Waals surface area contributed by atoms with Gasteiger partial charge in [-0.05, 0) is 61.4 Å². The topological polar surface area (TPSA) is 83.8 Å². The molecule has 0 bridgehead atoms. The summed E-state index contributed by atoms with van der Waals surface area (Å²) in [6.45, 7) is 7.52. The second kappa shape index (κ2) is 12.3. The minimum absolute atomic E-state index is 0.00745. The summed E-state index contributed by atoms with van der Waals surface area (Å²) in [5, 5.41) is 15.1. The van der Waals surface area contributed by atoms with Gasteiger partial charge in [0.15, 0.2) is 5.82 Å². The van der Waals surface area contributed by atoms with Crippen LogP contribution in [0.4, 0.5) is 10.2 Å². The zero-order chi connectivity index (χ0) is 25.4. The number of amidine groups is 1. The summed E-state index contributed by atoms with van der Waals surface area (Å²) in [6, 6.07) is 12.9. The van der Waals surface area contributed by atoms with Crippen molar-refractivity contribution in [2.24, 2.45) is 10.9 Å². The SMILES string of the molecule is C/C(=N\c1ncc(-c2cccs2)cc1C(=O)O)N/C(=C(\C)CC(C)C)c1cccc(OCCF)c1. The van der Waals surface area contributed by atoms with E-state index in [9.17, 15) is 14.3 Å². The number of rotatable bonds is 10. The van der Waals surface area contributed by atoms with E-state index in [-0.39, 0.29) is 18.0 Å². The molecule has 0 saturated heterocycles. The number of nitrogens with zero attached hydrogens (tertiary/aromatic N) is 2. The highest BCUT2D eigenvalue weighted by Gasteiger charge is 2.15. The second-order valence-electron chi connectivity index (χ2n) is 8.52. The molecule has 0 aliphatic heterocycles. The summed E-state index contributed by atoms with van der Waals surface area (Å²) in [6.07, 6.45) is 2.48. The molecule has 0 atom stereocenters. The van der Waals surface area contributed by atoms with E-state index < -0.39 is 12.6 Å². The van der Waals surface area contributed by atoms with Gasteiger partial charge >= 0.3 is 5.97 Å². The van der Waals surface area contributed by atoms with Gasteiger partial charge in [0, 0.05) is 27.9 Å². The fourth-order valence-electron chi connectivity index (χ4n) is 3.69. The number of nitrogens with one attached hydrogen (secondary N) is 1. The fraction of sp³-hybridized carbons (Fsp3) is 0.296. The van der Waals surface area contributed by atoms with Gasteiger partial charge in [-0.2, -0.15) is 0 Å². The Bertz CT molecular complexity index is 1220. The number of aliphatic imine (C=N–C) groups is 1. The van der Waals surface area contributed by atoms with E-state index in [1.165, 1.54) is 11.3 Å². The highest BCUT2D eigenvalue weighted by molar-refractivity contribution is 7.13. The van der Waals surface area contributed by atoms with E-state index in [1.54, 1.807) is 25.3 Å². The van der Waals surface area contributed by atoms with E-state index in [0.29, 0.717) is 17.5 Å². The molecule has 2 N–H and O–H groups in total. The van der Waals surface area contributed by atoms with Crippen LogP contribution in [-0.2, 0) is 0 Å². The number of halogens is 1. The van der Waals surface area contributed by atoms with Crippen molar-refractivity contribution < 1.29 is 19.0 Å². The number of allylic oxidation sites excluding steroid dienone is 1. The van der Waals surface area contributed by atoms with Gasteiger partial charge in [-0.1, -0.05) is 32.0 Å². The monoisotopic (exact) mass is 495 g/mol. The molecule has 0 amide bonds. The van der Waals surface area contributed by atoms with Crippen LogP contribution in [0.1, 0.15) is 50.0 Å². The molecule has 0 fully saturated rings. The zero-order valence-electron chi connectivity index (χ0n) is 20.3. The molecule has 6 nitrogen and oxygen atoms in total. The van der Waals surface area contributed by atoms with Gasteiger partial charge in [0.1, 0.15) is 30.4 Å². The van der Waals surface area contributed by atoms with Crippen molar-refractivity contribution in [2.75, 3.05) is 13.3 Å². The molecule has 35 heavy (non-hydrogen) atoms. The van der Waals surface area contributed by atoms with Gasteiger partial charge in [0.2, 0.25) is 0 Å². The van der Waals surface area contributed by atoms with Gasteiger partial charge < -0.3 is 15.2 Å². The Morgan fingerprint density at radius 3 is 2.69 bits per heavy atom. The number of benzene rings is 1. The predicted molar refractivity (Wildman–Crippen MR) is 140 cm³/mol. The van der Waals surface area contributed by atoms with Crippen LogP contribution in [0.25, 0.3) is 16.1 Å². The molecule has 0 spiro atoms. The number of thiophene rings is 1. The van der Waals surface area contributed by atoms with Crippen LogP contribution < -0.4 is 10.1 Å². The normalized spacial score (nSPS) is 12.5. The van der Waals surface area contributed by atoms with Crippen LogP contribution >= 0.6 is 11.3 Å². The molecule has 184 valence electrons. The lowest BCUT2D eigenvalue weighted by molar-refractivity contribution is 0.0697. The van der Waals surface area contributed by atoms with Crippen LogP contribution in [0, 0.1) is 5.92 Å². The quantitative estimate of drug-likeness (QED) is 0.234. The first-order valence-corrected chi connectivity index (χ1v) is 12.2. The highest BCUT2D eigenvalue weighted by Crippen LogP contribution is 2.29. The minimum Gasteiger partial charge on any atom is -0.491 e. The number of aromatic nitrogens is 1. The van der Waals surface area contributed by atoms with Crippen LogP contribution in [0.15, 0.2) is 64.6 Å². The van der Waals surface area contributed by atoms with Crippen molar-refractivity contribution in [2.45, 2.75) is 34.1 Å². The molecule has 1 aromatic carbocycles. The molecule has 0 unspecified atom stereocenters. The van der Waals surface area contributed by atoms with E-state index >= 15 is 0 Å². The first kappa shape index (κ1) is 26.1. The summed E-state index contributed by atoms with van der Waals surface area (Å²) in [4.78, 5) is 21.7. The van der Waals surface area contributed by atoms with Crippen molar-refractivity contribution in [3.8, 4) is 16.2 Å². The van der Waals surface area contributed by atoms with E-state index in [4.69, 9.17) is 4.74 Å². The van der Waals surface area contributed by atoms with Crippen molar-refractivity contribution >= 4 is 34.7 Å². The zero-order valence-corrected chi connectivity index (χ0v) is 21.2. The summed E-state index contributed by atoms with van der Waals surface area (Å²) in [5.74, 6) is 0.540. The number of carboxylic acids is 1. The average molecular weight is 496 g/mol. The Balaban J connectivity index is 1.96. The lowest BCUT2D eigenvalue weighted by atomic mass is 9.99. The maximum absolute atomic E-state index is 12.6. The molecule has 8 heteroatoms. The number of aromatic carboxylic acids is 1. The molecular formula is C27H30FN3O3S. The number of hydrogen-bond acceptors (Lipinski definition) is 5. The summed E-state index contributed by atoms with van der Waals surface area (Å²) in [7, 11) is 0. The first-order chi connectivity index (χ1) is 16.8. The first-order valence-electron chi connectivity index (χ1n) is 11.4. The summed E-state index contributed by atoms with van der Waals surface area (Å²) < 4.78 is 18.0. The van der Waals surface area contributed by atoms with Crippen molar-refractivity contribution in [1.82, 2.24) is 10.3 Å². The average Bonchev–Trinajstić information content (AvgIpc) is 3.36. The molecule has 3 aromatic rings. The van der Waals surface area contributed by atoms with Gasteiger partial charge in [-0.15, -0.1) is 11.3 Å². The van der Waals surface area contributed by atoms with E-state index in [2.05, 4.69) is 29.1 Å². The van der Waals surface area contributed by atoms with Gasteiger partial charge in [-0.3, -0.25) is 0 Å². The van der Waals surface area contributed by atoms with Gasteiger partial charge in [-0.25, -0.2) is 19.2 Å². The van der Waals surface area contributed by atoms with Crippen LogP contribution in [0.2, 0.25) is 0 Å². The smallest absolute Gasteiger partial charge is 0.339 e. The Morgan fingerprint density at radius 1 is 1.23 bits per heavy atom. The summed E-state index contributed by atoms with van der Waals surface area (Å²) in [5.41, 5.74) is 3.59. The van der Waals surface area contributed by atoms with E-state index in [0.717, 1.165) is 33.7 Å². The standard InChI is InChI=1S/C27H30FN3O3S/c1-17(2)13-18(3)25(20-7-5-8-22(14-20)34-11-10-28)30-19(4)31-26-23(27(32)33)15-21(16-29-26)24-9-6-12-35-24/h5-9,12,14-17H,10-11,13H2,1-4H3,(H,32,33)(H,29,30,31)/b25-18+. The number of alkyl halides is 1. The molecule has 0 radical (unpaired) electrons. The Morgan fingerprint density at radius 2 is 2.03 bits per heavy atom. The molecule has 2 heterocycles. The fourth-order valence-corrected chi connectivity index (χ4v) is 4.40. The maximum atomic E-state index is 12.6. The number of carboxylic acid groups (broad SMARTS) is 1. The third kappa shape index (κ3) is 7.23. The third-order valence-corrected chi connectivity index (χ3v) is 6.01.